The minimum absolute atomic E-state index is 0.517. The lowest BCUT2D eigenvalue weighted by Gasteiger charge is -2.21. The third-order valence-electron chi connectivity index (χ3n) is 2.37. The van der Waals surface area contributed by atoms with Gasteiger partial charge < -0.3 is 5.32 Å². The first-order valence-electron chi connectivity index (χ1n) is 5.57. The van der Waals surface area contributed by atoms with Crippen molar-refractivity contribution < 1.29 is 0 Å². The van der Waals surface area contributed by atoms with Gasteiger partial charge in [0.15, 0.2) is 0 Å². The van der Waals surface area contributed by atoms with Gasteiger partial charge in [0, 0.05) is 11.7 Å². The highest BCUT2D eigenvalue weighted by atomic mass is 14.9. The Morgan fingerprint density at radius 2 is 1.92 bits per heavy atom. The van der Waals surface area contributed by atoms with E-state index < -0.39 is 0 Å². The van der Waals surface area contributed by atoms with Gasteiger partial charge in [-0.1, -0.05) is 33.3 Å². The van der Waals surface area contributed by atoms with E-state index >= 15 is 0 Å². The molecular weight excluding hydrogens is 158 g/mol. The molecular formula is C12H25N. The highest BCUT2D eigenvalue weighted by molar-refractivity contribution is 4.98. The first-order chi connectivity index (χ1) is 6.11. The van der Waals surface area contributed by atoms with Crippen molar-refractivity contribution in [3.8, 4) is 0 Å². The second-order valence-corrected chi connectivity index (χ2v) is 4.07. The van der Waals surface area contributed by atoms with Crippen LogP contribution in [-0.2, 0) is 0 Å². The molecule has 0 heterocycles. The van der Waals surface area contributed by atoms with E-state index in [1.165, 1.54) is 31.4 Å². The van der Waals surface area contributed by atoms with Gasteiger partial charge >= 0.3 is 0 Å². The number of allylic oxidation sites excluding steroid dienone is 1. The molecule has 1 unspecified atom stereocenters. The number of nitrogens with one attached hydrogen (secondary N) is 1. The van der Waals surface area contributed by atoms with Gasteiger partial charge in [-0.15, -0.1) is 0 Å². The van der Waals surface area contributed by atoms with Crippen molar-refractivity contribution in [3.05, 3.63) is 12.3 Å². The van der Waals surface area contributed by atoms with Crippen molar-refractivity contribution >= 4 is 0 Å². The van der Waals surface area contributed by atoms with Crippen LogP contribution < -0.4 is 5.32 Å². The minimum atomic E-state index is 0.517. The molecule has 13 heavy (non-hydrogen) atoms. The summed E-state index contributed by atoms with van der Waals surface area (Å²) >= 11 is 0. The Balaban J connectivity index is 3.84. The first-order valence-corrected chi connectivity index (χ1v) is 5.57. The van der Waals surface area contributed by atoms with Crippen LogP contribution in [0.4, 0.5) is 0 Å². The fourth-order valence-corrected chi connectivity index (χ4v) is 1.56. The predicted octanol–water partition coefficient (Wildman–Crippen LogP) is 3.71. The maximum absolute atomic E-state index is 4.11. The van der Waals surface area contributed by atoms with Crippen LogP contribution in [0.3, 0.4) is 0 Å². The molecule has 0 aromatic carbocycles. The van der Waals surface area contributed by atoms with E-state index in [0.717, 1.165) is 0 Å². The molecule has 0 aliphatic rings. The molecule has 1 nitrogen and oxygen atoms in total. The van der Waals surface area contributed by atoms with Crippen molar-refractivity contribution in [2.24, 2.45) is 5.92 Å². The van der Waals surface area contributed by atoms with Crippen molar-refractivity contribution in [3.63, 3.8) is 0 Å². The maximum Gasteiger partial charge on any atom is 0.0201 e. The smallest absolute Gasteiger partial charge is 0.0201 e. The molecule has 0 bridgehead atoms. The van der Waals surface area contributed by atoms with Gasteiger partial charge in [-0.2, -0.15) is 0 Å². The average molecular weight is 183 g/mol. The highest BCUT2D eigenvalue weighted by Crippen LogP contribution is 2.18. The SMILES string of the molecule is C=C(NC(C)C)C(CC)CCCC. The molecule has 0 saturated carbocycles. The van der Waals surface area contributed by atoms with Gasteiger partial charge in [-0.25, -0.2) is 0 Å². The molecule has 0 rings (SSSR count). The zero-order valence-electron chi connectivity index (χ0n) is 9.69. The Kier molecular flexibility index (Phi) is 6.75. The quantitative estimate of drug-likeness (QED) is 0.634. The third-order valence-corrected chi connectivity index (χ3v) is 2.37. The van der Waals surface area contributed by atoms with E-state index in [1.807, 2.05) is 0 Å². The van der Waals surface area contributed by atoms with Crippen LogP contribution in [0.25, 0.3) is 0 Å². The standard InChI is InChI=1S/C12H25N/c1-6-8-9-12(7-2)11(5)13-10(3)4/h10,12-13H,5-9H2,1-4H3. The predicted molar refractivity (Wildman–Crippen MR) is 60.7 cm³/mol. The number of hydrogen-bond acceptors (Lipinski definition) is 1. The van der Waals surface area contributed by atoms with Gasteiger partial charge in [0.2, 0.25) is 0 Å². The van der Waals surface area contributed by atoms with Crippen LogP contribution in [0.2, 0.25) is 0 Å². The van der Waals surface area contributed by atoms with Crippen LogP contribution in [0, 0.1) is 5.92 Å². The second-order valence-electron chi connectivity index (χ2n) is 4.07. The average Bonchev–Trinajstić information content (AvgIpc) is 2.04. The largest absolute Gasteiger partial charge is 0.386 e. The summed E-state index contributed by atoms with van der Waals surface area (Å²) in [6.07, 6.45) is 5.09. The summed E-state index contributed by atoms with van der Waals surface area (Å²) in [7, 11) is 0. The summed E-state index contributed by atoms with van der Waals surface area (Å²) in [5.74, 6) is 0.669. The van der Waals surface area contributed by atoms with Gasteiger partial charge in [0.1, 0.15) is 0 Å². The van der Waals surface area contributed by atoms with E-state index in [2.05, 4.69) is 39.6 Å². The third kappa shape index (κ3) is 5.73. The van der Waals surface area contributed by atoms with Gasteiger partial charge in [-0.05, 0) is 32.6 Å². The van der Waals surface area contributed by atoms with Crippen molar-refractivity contribution in [2.75, 3.05) is 0 Å². The summed E-state index contributed by atoms with van der Waals surface area (Å²) in [6.45, 7) is 12.9. The molecule has 0 aliphatic heterocycles. The van der Waals surface area contributed by atoms with E-state index in [-0.39, 0.29) is 0 Å². The van der Waals surface area contributed by atoms with Crippen LogP contribution in [0.5, 0.6) is 0 Å². The molecule has 1 N–H and O–H groups in total. The molecule has 0 spiro atoms. The molecule has 0 saturated heterocycles. The van der Waals surface area contributed by atoms with Crippen LogP contribution in [0.1, 0.15) is 53.4 Å². The topological polar surface area (TPSA) is 12.0 Å². The molecule has 0 radical (unpaired) electrons. The van der Waals surface area contributed by atoms with Gasteiger partial charge in [0.25, 0.3) is 0 Å². The van der Waals surface area contributed by atoms with Crippen molar-refractivity contribution in [1.29, 1.82) is 0 Å². The van der Waals surface area contributed by atoms with Crippen molar-refractivity contribution in [2.45, 2.75) is 59.4 Å². The highest BCUT2D eigenvalue weighted by Gasteiger charge is 2.09. The molecule has 1 atom stereocenters. The van der Waals surface area contributed by atoms with Gasteiger partial charge in [-0.3, -0.25) is 0 Å². The lowest BCUT2D eigenvalue weighted by Crippen LogP contribution is -2.25. The monoisotopic (exact) mass is 183 g/mol. The summed E-state index contributed by atoms with van der Waals surface area (Å²) < 4.78 is 0. The fourth-order valence-electron chi connectivity index (χ4n) is 1.56. The lowest BCUT2D eigenvalue weighted by molar-refractivity contribution is 0.469. The van der Waals surface area contributed by atoms with Crippen LogP contribution in [-0.4, -0.2) is 6.04 Å². The summed E-state index contributed by atoms with van der Waals surface area (Å²) in [6, 6.07) is 0.517. The van der Waals surface area contributed by atoms with Crippen LogP contribution in [0.15, 0.2) is 12.3 Å². The Bertz CT molecular complexity index is 138. The zero-order valence-corrected chi connectivity index (χ0v) is 9.69. The second kappa shape index (κ2) is 6.99. The van der Waals surface area contributed by atoms with E-state index in [4.69, 9.17) is 0 Å². The van der Waals surface area contributed by atoms with Gasteiger partial charge in [0.05, 0.1) is 0 Å². The Hall–Kier alpha value is -0.460. The Morgan fingerprint density at radius 1 is 1.31 bits per heavy atom. The van der Waals surface area contributed by atoms with E-state index in [0.29, 0.717) is 12.0 Å². The number of rotatable bonds is 7. The normalized spacial score (nSPS) is 13.0. The molecule has 0 aliphatic carbocycles. The molecule has 0 aromatic rings. The number of unbranched alkanes of at least 4 members (excludes halogenated alkanes) is 1. The molecule has 0 fully saturated rings. The Labute approximate surface area is 83.6 Å². The maximum atomic E-state index is 4.11. The molecule has 0 amide bonds. The minimum Gasteiger partial charge on any atom is -0.386 e. The number of hydrogen-bond donors (Lipinski definition) is 1. The van der Waals surface area contributed by atoms with E-state index in [9.17, 15) is 0 Å². The van der Waals surface area contributed by atoms with Crippen molar-refractivity contribution in [1.82, 2.24) is 5.32 Å². The Morgan fingerprint density at radius 3 is 2.31 bits per heavy atom. The molecule has 1 heteroatoms. The summed E-state index contributed by atoms with van der Waals surface area (Å²) in [4.78, 5) is 0. The fraction of sp³-hybridized carbons (Fsp3) is 0.833. The molecule has 78 valence electrons. The van der Waals surface area contributed by atoms with Crippen LogP contribution >= 0.6 is 0 Å². The zero-order chi connectivity index (χ0) is 10.3. The lowest BCUT2D eigenvalue weighted by atomic mass is 9.96. The first kappa shape index (κ1) is 12.5. The van der Waals surface area contributed by atoms with E-state index in [1.54, 1.807) is 0 Å². The summed E-state index contributed by atoms with van der Waals surface area (Å²) in [5, 5.41) is 3.41. The summed E-state index contributed by atoms with van der Waals surface area (Å²) in [5.41, 5.74) is 1.23. The molecule has 0 aromatic heterocycles.